The third-order valence-electron chi connectivity index (χ3n) is 2.86. The van der Waals surface area contributed by atoms with E-state index in [1.165, 1.54) is 12.5 Å². The largest absolute Gasteiger partial charge is 0.472 e. The highest BCUT2D eigenvalue weighted by atomic mass is 16.5. The first-order valence-corrected chi connectivity index (χ1v) is 6.36. The number of hydrogen-bond donors (Lipinski definition) is 1. The Morgan fingerprint density at radius 3 is 3.22 bits per heavy atom. The van der Waals surface area contributed by atoms with E-state index >= 15 is 0 Å². The number of carbonyl (C=O) groups excluding carboxylic acids is 1. The van der Waals surface area contributed by atoms with Crippen molar-refractivity contribution in [1.82, 2.24) is 5.32 Å². The summed E-state index contributed by atoms with van der Waals surface area (Å²) in [4.78, 5) is 11.5. The topological polar surface area (TPSA) is 60.7 Å². The maximum atomic E-state index is 11.5. The van der Waals surface area contributed by atoms with Gasteiger partial charge in [0.2, 0.25) is 0 Å². The summed E-state index contributed by atoms with van der Waals surface area (Å²) in [6.45, 7) is 2.77. The van der Waals surface area contributed by atoms with Gasteiger partial charge in [-0.05, 0) is 25.3 Å². The van der Waals surface area contributed by atoms with Crippen molar-refractivity contribution in [2.24, 2.45) is 0 Å². The van der Waals surface area contributed by atoms with E-state index in [4.69, 9.17) is 13.9 Å². The van der Waals surface area contributed by atoms with Crippen LogP contribution in [0, 0.1) is 0 Å². The Bertz CT molecular complexity index is 344. The molecule has 0 aromatic carbocycles. The average molecular weight is 253 g/mol. The lowest BCUT2D eigenvalue weighted by Crippen LogP contribution is -2.25. The van der Waals surface area contributed by atoms with Gasteiger partial charge in [0, 0.05) is 19.8 Å². The van der Waals surface area contributed by atoms with Crippen LogP contribution in [0.25, 0.3) is 0 Å². The molecule has 0 radical (unpaired) electrons. The van der Waals surface area contributed by atoms with Crippen LogP contribution >= 0.6 is 0 Å². The summed E-state index contributed by atoms with van der Waals surface area (Å²) < 4.78 is 15.8. The van der Waals surface area contributed by atoms with Gasteiger partial charge in [0.25, 0.3) is 5.91 Å². The fraction of sp³-hybridized carbons (Fsp3) is 0.615. The summed E-state index contributed by atoms with van der Waals surface area (Å²) in [5, 5.41) is 2.80. The lowest BCUT2D eigenvalue weighted by Gasteiger charge is -2.10. The number of furan rings is 1. The van der Waals surface area contributed by atoms with E-state index in [0.717, 1.165) is 25.9 Å². The van der Waals surface area contributed by atoms with Gasteiger partial charge in [0.15, 0.2) is 0 Å². The molecule has 1 atom stereocenters. The summed E-state index contributed by atoms with van der Waals surface area (Å²) in [6.07, 6.45) is 6.22. The van der Waals surface area contributed by atoms with E-state index in [9.17, 15) is 4.79 Å². The summed E-state index contributed by atoms with van der Waals surface area (Å²) in [5.74, 6) is -0.108. The molecule has 0 saturated carbocycles. The minimum absolute atomic E-state index is 0.108. The normalized spacial score (nSPS) is 19.0. The third-order valence-corrected chi connectivity index (χ3v) is 2.86. The Labute approximate surface area is 106 Å². The predicted molar refractivity (Wildman–Crippen MR) is 65.5 cm³/mol. The van der Waals surface area contributed by atoms with E-state index in [1.54, 1.807) is 6.07 Å². The van der Waals surface area contributed by atoms with Gasteiger partial charge in [-0.15, -0.1) is 0 Å². The van der Waals surface area contributed by atoms with Crippen molar-refractivity contribution in [3.8, 4) is 0 Å². The molecule has 0 bridgehead atoms. The second-order valence-corrected chi connectivity index (χ2v) is 4.33. The van der Waals surface area contributed by atoms with E-state index in [2.05, 4.69) is 5.32 Å². The lowest BCUT2D eigenvalue weighted by molar-refractivity contribution is 0.0166. The fourth-order valence-corrected chi connectivity index (χ4v) is 1.86. The Morgan fingerprint density at radius 2 is 2.50 bits per heavy atom. The first kappa shape index (κ1) is 13.1. The Balaban J connectivity index is 1.47. The average Bonchev–Trinajstić information content (AvgIpc) is 3.05. The van der Waals surface area contributed by atoms with Gasteiger partial charge >= 0.3 is 0 Å². The van der Waals surface area contributed by atoms with Crippen LogP contribution in [0.3, 0.4) is 0 Å². The second kappa shape index (κ2) is 7.18. The van der Waals surface area contributed by atoms with Crippen molar-refractivity contribution in [3.63, 3.8) is 0 Å². The number of nitrogens with one attached hydrogen (secondary N) is 1. The van der Waals surface area contributed by atoms with Crippen molar-refractivity contribution in [3.05, 3.63) is 24.2 Å². The number of rotatable bonds is 7. The van der Waals surface area contributed by atoms with Crippen LogP contribution < -0.4 is 5.32 Å². The zero-order chi connectivity index (χ0) is 12.6. The van der Waals surface area contributed by atoms with E-state index in [-0.39, 0.29) is 12.0 Å². The molecule has 1 unspecified atom stereocenters. The Hall–Kier alpha value is -1.33. The van der Waals surface area contributed by atoms with Gasteiger partial charge in [-0.2, -0.15) is 0 Å². The molecule has 100 valence electrons. The molecule has 1 aliphatic rings. The molecule has 0 spiro atoms. The first-order chi connectivity index (χ1) is 8.86. The van der Waals surface area contributed by atoms with Gasteiger partial charge < -0.3 is 19.2 Å². The number of hydrogen-bond acceptors (Lipinski definition) is 4. The highest BCUT2D eigenvalue weighted by Crippen LogP contribution is 2.11. The number of carbonyl (C=O) groups is 1. The van der Waals surface area contributed by atoms with Crippen LogP contribution in [0.4, 0.5) is 0 Å². The van der Waals surface area contributed by atoms with Crippen LogP contribution in [0.2, 0.25) is 0 Å². The van der Waals surface area contributed by atoms with Crippen LogP contribution in [0.15, 0.2) is 23.0 Å². The van der Waals surface area contributed by atoms with Crippen molar-refractivity contribution >= 4 is 5.91 Å². The summed E-state index contributed by atoms with van der Waals surface area (Å²) in [6, 6.07) is 1.64. The van der Waals surface area contributed by atoms with Crippen molar-refractivity contribution in [2.75, 3.05) is 26.4 Å². The lowest BCUT2D eigenvalue weighted by atomic mass is 10.2. The van der Waals surface area contributed by atoms with Gasteiger partial charge in [-0.1, -0.05) is 0 Å². The highest BCUT2D eigenvalue weighted by Gasteiger charge is 2.14. The SMILES string of the molecule is O=C(NCCCOCC1CCCO1)c1ccoc1. The second-order valence-electron chi connectivity index (χ2n) is 4.33. The predicted octanol–water partition coefficient (Wildman–Crippen LogP) is 1.60. The van der Waals surface area contributed by atoms with Crippen molar-refractivity contribution in [2.45, 2.75) is 25.4 Å². The Kier molecular flexibility index (Phi) is 5.23. The first-order valence-electron chi connectivity index (χ1n) is 6.36. The minimum Gasteiger partial charge on any atom is -0.472 e. The fourth-order valence-electron chi connectivity index (χ4n) is 1.86. The van der Waals surface area contributed by atoms with Crippen molar-refractivity contribution < 1.29 is 18.7 Å². The molecule has 5 nitrogen and oxygen atoms in total. The molecule has 1 amide bonds. The molecule has 1 fully saturated rings. The molecule has 5 heteroatoms. The molecule has 1 aromatic rings. The standard InChI is InChI=1S/C13H19NO4/c15-13(11-4-8-17-9-11)14-5-2-6-16-10-12-3-1-7-18-12/h4,8-9,12H,1-3,5-7,10H2,(H,14,15). The maximum absolute atomic E-state index is 11.5. The molecular formula is C13H19NO4. The molecule has 1 aliphatic heterocycles. The monoisotopic (exact) mass is 253 g/mol. The molecule has 1 saturated heterocycles. The van der Waals surface area contributed by atoms with Crippen LogP contribution in [0.5, 0.6) is 0 Å². The van der Waals surface area contributed by atoms with Crippen LogP contribution in [-0.4, -0.2) is 38.4 Å². The van der Waals surface area contributed by atoms with Crippen LogP contribution in [-0.2, 0) is 9.47 Å². The smallest absolute Gasteiger partial charge is 0.254 e. The summed E-state index contributed by atoms with van der Waals surface area (Å²) >= 11 is 0. The van der Waals surface area contributed by atoms with Gasteiger partial charge in [0.1, 0.15) is 6.26 Å². The summed E-state index contributed by atoms with van der Waals surface area (Å²) in [7, 11) is 0. The molecule has 0 aliphatic carbocycles. The van der Waals surface area contributed by atoms with Gasteiger partial charge in [0.05, 0.1) is 24.5 Å². The number of ether oxygens (including phenoxy) is 2. The van der Waals surface area contributed by atoms with E-state index < -0.39 is 0 Å². The molecule has 2 heterocycles. The minimum atomic E-state index is -0.108. The third kappa shape index (κ3) is 4.16. The zero-order valence-electron chi connectivity index (χ0n) is 10.4. The number of amides is 1. The van der Waals surface area contributed by atoms with E-state index in [0.29, 0.717) is 25.3 Å². The molecule has 18 heavy (non-hydrogen) atoms. The molecular weight excluding hydrogens is 234 g/mol. The van der Waals surface area contributed by atoms with Crippen molar-refractivity contribution in [1.29, 1.82) is 0 Å². The quantitative estimate of drug-likeness (QED) is 0.750. The highest BCUT2D eigenvalue weighted by molar-refractivity contribution is 5.93. The Morgan fingerprint density at radius 1 is 1.56 bits per heavy atom. The maximum Gasteiger partial charge on any atom is 0.254 e. The van der Waals surface area contributed by atoms with Gasteiger partial charge in [-0.25, -0.2) is 0 Å². The summed E-state index contributed by atoms with van der Waals surface area (Å²) in [5.41, 5.74) is 0.551. The zero-order valence-corrected chi connectivity index (χ0v) is 10.4. The van der Waals surface area contributed by atoms with Gasteiger partial charge in [-0.3, -0.25) is 4.79 Å². The molecule has 1 aromatic heterocycles. The van der Waals surface area contributed by atoms with Crippen LogP contribution in [0.1, 0.15) is 29.6 Å². The molecule has 1 N–H and O–H groups in total. The molecule has 2 rings (SSSR count). The van der Waals surface area contributed by atoms with E-state index in [1.807, 2.05) is 0 Å².